The topological polar surface area (TPSA) is 68.2 Å². The highest BCUT2D eigenvalue weighted by Gasteiger charge is 2.46. The lowest BCUT2D eigenvalue weighted by atomic mass is 9.75. The summed E-state index contributed by atoms with van der Waals surface area (Å²) in [6.45, 7) is 3.71. The van der Waals surface area contributed by atoms with Gasteiger partial charge in [-0.15, -0.1) is 4.91 Å². The van der Waals surface area contributed by atoms with Crippen molar-refractivity contribution in [1.82, 2.24) is 5.01 Å². The SMILES string of the molecule is COc1ccc([C@@H]2[C@H](C)C(=O)[C@H](C)[C@H](c3ccc(OC)cc3)N2N=O)cc1. The molecule has 1 aliphatic rings. The van der Waals surface area contributed by atoms with Gasteiger partial charge >= 0.3 is 0 Å². The number of ketones is 1. The molecule has 0 aliphatic carbocycles. The summed E-state index contributed by atoms with van der Waals surface area (Å²) in [7, 11) is 3.20. The van der Waals surface area contributed by atoms with Gasteiger partial charge in [0.05, 0.1) is 31.6 Å². The second-order valence-corrected chi connectivity index (χ2v) is 6.88. The normalized spacial score (nSPS) is 25.2. The van der Waals surface area contributed by atoms with E-state index in [1.54, 1.807) is 14.2 Å². The number of ether oxygens (including phenoxy) is 2. The molecule has 0 unspecified atom stereocenters. The minimum atomic E-state index is -0.427. The molecule has 4 atom stereocenters. The fraction of sp³-hybridized carbons (Fsp3) is 0.381. The number of hydrogen-bond donors (Lipinski definition) is 0. The van der Waals surface area contributed by atoms with Crippen LogP contribution in [0, 0.1) is 16.7 Å². The van der Waals surface area contributed by atoms with Gasteiger partial charge in [-0.05, 0) is 35.4 Å². The van der Waals surface area contributed by atoms with E-state index < -0.39 is 12.1 Å². The van der Waals surface area contributed by atoms with Crippen LogP contribution in [0.15, 0.2) is 53.8 Å². The molecule has 2 aromatic carbocycles. The van der Waals surface area contributed by atoms with Gasteiger partial charge in [0.15, 0.2) is 0 Å². The zero-order valence-electron chi connectivity index (χ0n) is 16.0. The van der Waals surface area contributed by atoms with E-state index in [1.807, 2.05) is 62.4 Å². The molecule has 3 rings (SSSR count). The van der Waals surface area contributed by atoms with Crippen LogP contribution in [0.4, 0.5) is 0 Å². The number of nitroso groups, excluding NO2 is 1. The maximum Gasteiger partial charge on any atom is 0.143 e. The number of benzene rings is 2. The van der Waals surface area contributed by atoms with Crippen molar-refractivity contribution in [2.45, 2.75) is 25.9 Å². The van der Waals surface area contributed by atoms with Gasteiger partial charge in [0.2, 0.25) is 0 Å². The lowest BCUT2D eigenvalue weighted by Gasteiger charge is -2.44. The third-order valence-corrected chi connectivity index (χ3v) is 5.42. The van der Waals surface area contributed by atoms with Gasteiger partial charge in [0, 0.05) is 11.8 Å². The molecule has 1 saturated heterocycles. The Morgan fingerprint density at radius 3 is 1.44 bits per heavy atom. The van der Waals surface area contributed by atoms with Crippen molar-refractivity contribution >= 4 is 5.78 Å². The summed E-state index contributed by atoms with van der Waals surface area (Å²) in [5.74, 6) is 0.871. The molecule has 0 N–H and O–H groups in total. The first-order chi connectivity index (χ1) is 13.0. The summed E-state index contributed by atoms with van der Waals surface area (Å²) in [6.07, 6.45) is 0. The average Bonchev–Trinajstić information content (AvgIpc) is 2.72. The Hall–Kier alpha value is -2.89. The first-order valence-electron chi connectivity index (χ1n) is 8.95. The molecule has 6 heteroatoms. The van der Waals surface area contributed by atoms with E-state index in [2.05, 4.69) is 5.29 Å². The summed E-state index contributed by atoms with van der Waals surface area (Å²) >= 11 is 0. The molecule has 0 bridgehead atoms. The summed E-state index contributed by atoms with van der Waals surface area (Å²) in [4.78, 5) is 24.9. The number of methoxy groups -OCH3 is 2. The summed E-state index contributed by atoms with van der Waals surface area (Å²) in [5, 5.41) is 4.88. The van der Waals surface area contributed by atoms with Gasteiger partial charge in [0.25, 0.3) is 0 Å². The number of hydrogen-bond acceptors (Lipinski definition) is 5. The summed E-state index contributed by atoms with van der Waals surface area (Å²) in [5.41, 5.74) is 1.73. The highest BCUT2D eigenvalue weighted by atomic mass is 16.5. The number of Topliss-reactive ketones (excluding diaryl/α,β-unsaturated/α-hetero) is 1. The van der Waals surface area contributed by atoms with E-state index in [-0.39, 0.29) is 17.6 Å². The highest BCUT2D eigenvalue weighted by Crippen LogP contribution is 2.46. The van der Waals surface area contributed by atoms with Gasteiger partial charge in [-0.25, -0.2) is 5.01 Å². The smallest absolute Gasteiger partial charge is 0.143 e. The van der Waals surface area contributed by atoms with Crippen molar-refractivity contribution in [2.24, 2.45) is 17.1 Å². The molecule has 0 saturated carbocycles. The first kappa shape index (κ1) is 18.9. The van der Waals surface area contributed by atoms with E-state index in [0.717, 1.165) is 22.6 Å². The van der Waals surface area contributed by atoms with Crippen molar-refractivity contribution < 1.29 is 14.3 Å². The highest BCUT2D eigenvalue weighted by molar-refractivity contribution is 5.85. The number of carbonyl (C=O) groups excluding carboxylic acids is 1. The van der Waals surface area contributed by atoms with Crippen LogP contribution in [0.1, 0.15) is 37.1 Å². The number of carbonyl (C=O) groups is 1. The predicted molar refractivity (Wildman–Crippen MR) is 102 cm³/mol. The van der Waals surface area contributed by atoms with Crippen LogP contribution in [0.25, 0.3) is 0 Å². The fourth-order valence-electron chi connectivity index (χ4n) is 3.94. The molecule has 0 spiro atoms. The molecule has 0 aromatic heterocycles. The Labute approximate surface area is 159 Å². The number of piperidine rings is 1. The zero-order valence-corrected chi connectivity index (χ0v) is 16.0. The second-order valence-electron chi connectivity index (χ2n) is 6.88. The van der Waals surface area contributed by atoms with E-state index >= 15 is 0 Å². The van der Waals surface area contributed by atoms with Gasteiger partial charge < -0.3 is 9.47 Å². The Bertz CT molecular complexity index is 740. The molecule has 1 fully saturated rings. The van der Waals surface area contributed by atoms with E-state index in [0.29, 0.717) is 0 Å². The Morgan fingerprint density at radius 1 is 0.778 bits per heavy atom. The van der Waals surface area contributed by atoms with Gasteiger partial charge in [-0.1, -0.05) is 38.1 Å². The molecule has 0 radical (unpaired) electrons. The van der Waals surface area contributed by atoms with Crippen molar-refractivity contribution in [1.29, 1.82) is 0 Å². The van der Waals surface area contributed by atoms with E-state index in [1.165, 1.54) is 5.01 Å². The van der Waals surface area contributed by atoms with Crippen molar-refractivity contribution in [3.8, 4) is 11.5 Å². The molecule has 6 nitrogen and oxygen atoms in total. The Morgan fingerprint density at radius 2 is 1.15 bits per heavy atom. The third kappa shape index (κ3) is 3.39. The molecule has 1 aliphatic heterocycles. The molecule has 27 heavy (non-hydrogen) atoms. The predicted octanol–water partition coefficient (Wildman–Crippen LogP) is 4.32. The number of rotatable bonds is 5. The molecular formula is C21H24N2O4. The van der Waals surface area contributed by atoms with Crippen LogP contribution in [-0.2, 0) is 4.79 Å². The lowest BCUT2D eigenvalue weighted by Crippen LogP contribution is -2.46. The van der Waals surface area contributed by atoms with Crippen molar-refractivity contribution in [2.75, 3.05) is 14.2 Å². The maximum atomic E-state index is 13.0. The minimum absolute atomic E-state index is 0.122. The van der Waals surface area contributed by atoms with Gasteiger partial charge in [-0.3, -0.25) is 4.79 Å². The maximum absolute atomic E-state index is 13.0. The van der Waals surface area contributed by atoms with Crippen LogP contribution in [0.2, 0.25) is 0 Å². The molecule has 1 heterocycles. The van der Waals surface area contributed by atoms with Crippen molar-refractivity contribution in [3.05, 3.63) is 64.6 Å². The summed E-state index contributed by atoms with van der Waals surface area (Å²) < 4.78 is 10.4. The zero-order chi connectivity index (χ0) is 19.6. The standard InChI is InChI=1S/C21H24N2O4/c1-13-19(15-5-9-17(26-3)10-6-15)23(22-25)20(14(2)21(13)24)16-7-11-18(27-4)12-8-16/h5-14,19-20H,1-4H3/t13-,14+,19-,20+. The minimum Gasteiger partial charge on any atom is -0.497 e. The van der Waals surface area contributed by atoms with Crippen LogP contribution >= 0.6 is 0 Å². The first-order valence-corrected chi connectivity index (χ1v) is 8.95. The van der Waals surface area contributed by atoms with Crippen LogP contribution in [-0.4, -0.2) is 25.0 Å². The van der Waals surface area contributed by atoms with Gasteiger partial charge in [0.1, 0.15) is 17.3 Å². The fourth-order valence-corrected chi connectivity index (χ4v) is 3.94. The van der Waals surface area contributed by atoms with Crippen LogP contribution in [0.3, 0.4) is 0 Å². The molecule has 2 aromatic rings. The lowest BCUT2D eigenvalue weighted by molar-refractivity contribution is -0.138. The average molecular weight is 368 g/mol. The second kappa shape index (κ2) is 7.78. The summed E-state index contributed by atoms with van der Waals surface area (Å²) in [6, 6.07) is 14.0. The van der Waals surface area contributed by atoms with Crippen molar-refractivity contribution in [3.63, 3.8) is 0 Å². The quantitative estimate of drug-likeness (QED) is 0.735. The van der Waals surface area contributed by atoms with E-state index in [9.17, 15) is 9.70 Å². The molecule has 142 valence electrons. The Balaban J connectivity index is 2.04. The van der Waals surface area contributed by atoms with Crippen LogP contribution < -0.4 is 9.47 Å². The van der Waals surface area contributed by atoms with E-state index in [4.69, 9.17) is 9.47 Å². The third-order valence-electron chi connectivity index (χ3n) is 5.42. The molecule has 0 amide bonds. The largest absolute Gasteiger partial charge is 0.497 e. The Kier molecular flexibility index (Phi) is 5.44. The molecular weight excluding hydrogens is 344 g/mol. The monoisotopic (exact) mass is 368 g/mol. The van der Waals surface area contributed by atoms with Crippen LogP contribution in [0.5, 0.6) is 11.5 Å². The number of nitrogens with zero attached hydrogens (tertiary/aromatic N) is 2. The van der Waals surface area contributed by atoms with Gasteiger partial charge in [-0.2, -0.15) is 0 Å².